The summed E-state index contributed by atoms with van der Waals surface area (Å²) < 4.78 is 5.63. The van der Waals surface area contributed by atoms with Crippen molar-refractivity contribution in [3.05, 3.63) is 23.9 Å². The highest BCUT2D eigenvalue weighted by Gasteiger charge is 2.18. The fourth-order valence-electron chi connectivity index (χ4n) is 3.33. The fourth-order valence-corrected chi connectivity index (χ4v) is 3.33. The number of guanidine groups is 1. The van der Waals surface area contributed by atoms with Gasteiger partial charge in [-0.05, 0) is 38.0 Å². The van der Waals surface area contributed by atoms with E-state index in [4.69, 9.17) is 4.74 Å². The minimum atomic E-state index is 0.254. The van der Waals surface area contributed by atoms with Crippen LogP contribution in [-0.2, 0) is 11.3 Å². The van der Waals surface area contributed by atoms with Crippen LogP contribution >= 0.6 is 0 Å². The van der Waals surface area contributed by atoms with Gasteiger partial charge in [0.2, 0.25) is 0 Å². The molecule has 1 saturated heterocycles. The third-order valence-corrected chi connectivity index (χ3v) is 4.93. The maximum atomic E-state index is 5.63. The number of morpholine rings is 1. The van der Waals surface area contributed by atoms with Crippen molar-refractivity contribution < 1.29 is 4.74 Å². The molecule has 152 valence electrons. The van der Waals surface area contributed by atoms with Gasteiger partial charge in [0.25, 0.3) is 0 Å². The predicted molar refractivity (Wildman–Crippen MR) is 113 cm³/mol. The normalized spacial score (nSPS) is 19.0. The summed E-state index contributed by atoms with van der Waals surface area (Å²) in [5.74, 6) is 1.88. The monoisotopic (exact) mass is 375 g/mol. The maximum Gasteiger partial charge on any atom is 0.191 e. The van der Waals surface area contributed by atoms with Crippen molar-refractivity contribution in [3.63, 3.8) is 0 Å². The third kappa shape index (κ3) is 7.75. The van der Waals surface area contributed by atoms with E-state index in [0.717, 1.165) is 38.0 Å². The van der Waals surface area contributed by atoms with Gasteiger partial charge in [-0.1, -0.05) is 32.6 Å². The summed E-state index contributed by atoms with van der Waals surface area (Å²) in [6.07, 6.45) is 8.51. The Morgan fingerprint density at radius 1 is 1.41 bits per heavy atom. The van der Waals surface area contributed by atoms with Gasteiger partial charge < -0.3 is 20.3 Å². The molecule has 0 aliphatic carbocycles. The van der Waals surface area contributed by atoms with Crippen LogP contribution in [0.4, 0.5) is 5.82 Å². The summed E-state index contributed by atoms with van der Waals surface area (Å²) in [4.78, 5) is 11.2. The lowest BCUT2D eigenvalue weighted by Gasteiger charge is -2.32. The summed E-state index contributed by atoms with van der Waals surface area (Å²) >= 11 is 0. The van der Waals surface area contributed by atoms with Crippen LogP contribution < -0.4 is 15.5 Å². The zero-order valence-corrected chi connectivity index (χ0v) is 17.5. The lowest BCUT2D eigenvalue weighted by Crippen LogP contribution is -2.42. The average Bonchev–Trinajstić information content (AvgIpc) is 2.68. The second-order valence-corrected chi connectivity index (χ2v) is 7.47. The Morgan fingerprint density at radius 2 is 2.26 bits per heavy atom. The van der Waals surface area contributed by atoms with E-state index in [1.165, 1.54) is 37.7 Å². The van der Waals surface area contributed by atoms with Gasteiger partial charge in [0.15, 0.2) is 5.96 Å². The number of anilines is 1. The number of pyridine rings is 1. The lowest BCUT2D eigenvalue weighted by atomic mass is 10.1. The van der Waals surface area contributed by atoms with Gasteiger partial charge in [0.05, 0.1) is 12.7 Å². The number of hydrogen-bond donors (Lipinski definition) is 2. The molecule has 1 aliphatic heterocycles. The summed E-state index contributed by atoms with van der Waals surface area (Å²) in [7, 11) is 1.83. The molecule has 0 bridgehead atoms. The van der Waals surface area contributed by atoms with Crippen molar-refractivity contribution >= 4 is 11.8 Å². The Kier molecular flexibility index (Phi) is 9.39. The predicted octanol–water partition coefficient (Wildman–Crippen LogP) is 3.33. The van der Waals surface area contributed by atoms with Gasteiger partial charge in [-0.2, -0.15) is 0 Å². The van der Waals surface area contributed by atoms with Crippen molar-refractivity contribution in [2.45, 2.75) is 71.6 Å². The molecule has 1 aromatic rings. The zero-order chi connectivity index (χ0) is 19.5. The van der Waals surface area contributed by atoms with Crippen LogP contribution in [0.3, 0.4) is 0 Å². The highest BCUT2D eigenvalue weighted by molar-refractivity contribution is 5.79. The fraction of sp³-hybridized carbons (Fsp3) is 0.714. The third-order valence-electron chi connectivity index (χ3n) is 4.93. The second-order valence-electron chi connectivity index (χ2n) is 7.47. The van der Waals surface area contributed by atoms with Crippen molar-refractivity contribution in [2.75, 3.05) is 31.6 Å². The first-order valence-electron chi connectivity index (χ1n) is 10.4. The molecule has 1 fully saturated rings. The Balaban J connectivity index is 1.81. The van der Waals surface area contributed by atoms with Gasteiger partial charge in [-0.3, -0.25) is 4.99 Å². The Hall–Kier alpha value is -1.82. The molecule has 2 heterocycles. The van der Waals surface area contributed by atoms with E-state index in [0.29, 0.717) is 6.04 Å². The minimum Gasteiger partial charge on any atom is -0.375 e. The van der Waals surface area contributed by atoms with Crippen LogP contribution in [0.5, 0.6) is 0 Å². The smallest absolute Gasteiger partial charge is 0.191 e. The topological polar surface area (TPSA) is 61.8 Å². The Bertz CT molecular complexity index is 577. The van der Waals surface area contributed by atoms with Crippen LogP contribution in [-0.4, -0.2) is 49.8 Å². The molecular formula is C21H37N5O. The van der Waals surface area contributed by atoms with E-state index in [-0.39, 0.29) is 6.10 Å². The van der Waals surface area contributed by atoms with Crippen molar-refractivity contribution in [3.8, 4) is 0 Å². The molecule has 0 aromatic carbocycles. The summed E-state index contributed by atoms with van der Waals surface area (Å²) in [5, 5.41) is 6.92. The standard InChI is InChI=1S/C21H37N5O/c1-5-6-7-8-9-17(2)25-21(22-4)24-15-19-10-11-23-20(14-19)26-12-13-27-18(3)16-26/h10-11,14,17-18H,5-9,12-13,15-16H2,1-4H3,(H2,22,24,25). The Morgan fingerprint density at radius 3 is 3.00 bits per heavy atom. The largest absolute Gasteiger partial charge is 0.375 e. The molecule has 1 aromatic heterocycles. The van der Waals surface area contributed by atoms with E-state index in [1.54, 1.807) is 0 Å². The maximum absolute atomic E-state index is 5.63. The van der Waals surface area contributed by atoms with Gasteiger partial charge >= 0.3 is 0 Å². The lowest BCUT2D eigenvalue weighted by molar-refractivity contribution is 0.0529. The van der Waals surface area contributed by atoms with Gasteiger partial charge in [0, 0.05) is 38.9 Å². The first-order valence-corrected chi connectivity index (χ1v) is 10.4. The quantitative estimate of drug-likeness (QED) is 0.394. The summed E-state index contributed by atoms with van der Waals surface area (Å²) in [6.45, 7) is 9.86. The molecule has 2 N–H and O–H groups in total. The SMILES string of the molecule is CCCCCCC(C)NC(=NC)NCc1ccnc(N2CCOC(C)C2)c1. The minimum absolute atomic E-state index is 0.254. The Labute approximate surface area is 164 Å². The molecule has 1 aliphatic rings. The van der Waals surface area contributed by atoms with E-state index in [9.17, 15) is 0 Å². The van der Waals surface area contributed by atoms with Crippen LogP contribution in [0.25, 0.3) is 0 Å². The van der Waals surface area contributed by atoms with Crippen LogP contribution in [0.15, 0.2) is 23.3 Å². The molecule has 2 atom stereocenters. The molecule has 2 rings (SSSR count). The van der Waals surface area contributed by atoms with Gasteiger partial charge in [0.1, 0.15) is 5.82 Å². The number of nitrogens with zero attached hydrogens (tertiary/aromatic N) is 3. The molecule has 2 unspecified atom stereocenters. The summed E-state index contributed by atoms with van der Waals surface area (Å²) in [5.41, 5.74) is 1.21. The van der Waals surface area contributed by atoms with Crippen LogP contribution in [0, 0.1) is 0 Å². The van der Waals surface area contributed by atoms with Gasteiger partial charge in [-0.15, -0.1) is 0 Å². The number of ether oxygens (including phenoxy) is 1. The molecule has 0 spiro atoms. The average molecular weight is 376 g/mol. The van der Waals surface area contributed by atoms with Crippen molar-refractivity contribution in [1.29, 1.82) is 0 Å². The van der Waals surface area contributed by atoms with Crippen molar-refractivity contribution in [1.82, 2.24) is 15.6 Å². The molecule has 0 radical (unpaired) electrons. The zero-order valence-electron chi connectivity index (χ0n) is 17.5. The highest BCUT2D eigenvalue weighted by Crippen LogP contribution is 2.16. The van der Waals surface area contributed by atoms with Crippen LogP contribution in [0.1, 0.15) is 58.4 Å². The molecule has 6 heteroatoms. The highest BCUT2D eigenvalue weighted by atomic mass is 16.5. The second kappa shape index (κ2) is 11.8. The first-order chi connectivity index (χ1) is 13.1. The molecular weight excluding hydrogens is 338 g/mol. The summed E-state index contributed by atoms with van der Waals surface area (Å²) in [6, 6.07) is 4.64. The van der Waals surface area contributed by atoms with E-state index in [1.807, 2.05) is 13.2 Å². The van der Waals surface area contributed by atoms with Gasteiger partial charge in [-0.25, -0.2) is 4.98 Å². The number of aliphatic imine (C=N–C) groups is 1. The number of nitrogens with one attached hydrogen (secondary N) is 2. The number of aromatic nitrogens is 1. The number of unbranched alkanes of at least 4 members (excludes halogenated alkanes) is 3. The molecule has 0 saturated carbocycles. The molecule has 27 heavy (non-hydrogen) atoms. The van der Waals surface area contributed by atoms with Crippen molar-refractivity contribution in [2.24, 2.45) is 4.99 Å². The van der Waals surface area contributed by atoms with E-state index < -0.39 is 0 Å². The van der Waals surface area contributed by atoms with E-state index >= 15 is 0 Å². The number of hydrogen-bond acceptors (Lipinski definition) is 4. The first kappa shape index (κ1) is 21.5. The molecule has 6 nitrogen and oxygen atoms in total. The van der Waals surface area contributed by atoms with E-state index in [2.05, 4.69) is 58.4 Å². The number of rotatable bonds is 9. The van der Waals surface area contributed by atoms with Crippen LogP contribution in [0.2, 0.25) is 0 Å². The molecule has 0 amide bonds.